The summed E-state index contributed by atoms with van der Waals surface area (Å²) < 4.78 is 11.0. The van der Waals surface area contributed by atoms with Crippen LogP contribution in [0, 0.1) is 13.8 Å². The molecule has 0 heterocycles. The Balaban J connectivity index is 1.92. The van der Waals surface area contributed by atoms with Crippen molar-refractivity contribution in [3.8, 4) is 17.2 Å². The van der Waals surface area contributed by atoms with Crippen molar-refractivity contribution in [2.45, 2.75) is 13.8 Å². The van der Waals surface area contributed by atoms with Gasteiger partial charge in [-0.15, -0.1) is 0 Å². The van der Waals surface area contributed by atoms with Crippen molar-refractivity contribution in [1.29, 1.82) is 0 Å². The van der Waals surface area contributed by atoms with Gasteiger partial charge in [0.1, 0.15) is 5.75 Å². The number of hydrogen-bond donors (Lipinski definition) is 2. The number of aryl methyl sites for hydroxylation is 1. The molecular formula is C18H19BrN2O4. The first kappa shape index (κ1) is 18.8. The van der Waals surface area contributed by atoms with Crippen LogP contribution in [0.2, 0.25) is 0 Å². The minimum Gasteiger partial charge on any atom is -0.503 e. The Morgan fingerprint density at radius 1 is 1.32 bits per heavy atom. The van der Waals surface area contributed by atoms with Crippen LogP contribution in [0.1, 0.15) is 16.7 Å². The Morgan fingerprint density at radius 3 is 2.80 bits per heavy atom. The number of benzene rings is 2. The van der Waals surface area contributed by atoms with Gasteiger partial charge in [0.15, 0.2) is 18.1 Å². The lowest BCUT2D eigenvalue weighted by Crippen LogP contribution is -2.24. The second-order valence-electron chi connectivity index (χ2n) is 5.33. The molecule has 0 aliphatic heterocycles. The van der Waals surface area contributed by atoms with Crippen LogP contribution in [-0.2, 0) is 4.79 Å². The predicted molar refractivity (Wildman–Crippen MR) is 99.5 cm³/mol. The predicted octanol–water partition coefficient (Wildman–Crippen LogP) is 3.31. The molecule has 0 aliphatic rings. The van der Waals surface area contributed by atoms with Crippen LogP contribution >= 0.6 is 15.9 Å². The van der Waals surface area contributed by atoms with E-state index in [0.29, 0.717) is 21.5 Å². The molecule has 0 atom stereocenters. The van der Waals surface area contributed by atoms with E-state index in [2.05, 4.69) is 26.5 Å². The van der Waals surface area contributed by atoms with Crippen LogP contribution in [0.3, 0.4) is 0 Å². The second-order valence-corrected chi connectivity index (χ2v) is 6.19. The van der Waals surface area contributed by atoms with Gasteiger partial charge < -0.3 is 14.6 Å². The summed E-state index contributed by atoms with van der Waals surface area (Å²) in [7, 11) is 1.45. The van der Waals surface area contributed by atoms with Gasteiger partial charge in [-0.2, -0.15) is 5.10 Å². The van der Waals surface area contributed by atoms with Crippen LogP contribution in [0.4, 0.5) is 0 Å². The van der Waals surface area contributed by atoms with Crippen molar-refractivity contribution < 1.29 is 19.4 Å². The molecule has 7 heteroatoms. The van der Waals surface area contributed by atoms with E-state index < -0.39 is 0 Å². The number of ether oxygens (including phenoxy) is 2. The number of carbonyl (C=O) groups excluding carboxylic acids is 1. The molecule has 2 rings (SSSR count). The molecule has 0 aliphatic carbocycles. The maximum absolute atomic E-state index is 11.8. The number of phenolic OH excluding ortho intramolecular Hbond substituents is 1. The number of hydrazone groups is 1. The molecule has 2 N–H and O–H groups in total. The summed E-state index contributed by atoms with van der Waals surface area (Å²) in [6.45, 7) is 3.79. The van der Waals surface area contributed by atoms with Crippen molar-refractivity contribution in [2.24, 2.45) is 5.10 Å². The van der Waals surface area contributed by atoms with Gasteiger partial charge in [-0.3, -0.25) is 4.79 Å². The number of methoxy groups -OCH3 is 1. The third-order valence-electron chi connectivity index (χ3n) is 3.59. The number of amides is 1. The molecule has 0 bridgehead atoms. The average Bonchev–Trinajstić information content (AvgIpc) is 2.59. The van der Waals surface area contributed by atoms with E-state index in [4.69, 9.17) is 9.47 Å². The summed E-state index contributed by atoms with van der Waals surface area (Å²) in [6.07, 6.45) is 1.45. The summed E-state index contributed by atoms with van der Waals surface area (Å²) in [6, 6.07) is 8.93. The Bertz CT molecular complexity index is 806. The first-order valence-corrected chi connectivity index (χ1v) is 8.29. The average molecular weight is 407 g/mol. The molecule has 6 nitrogen and oxygen atoms in total. The van der Waals surface area contributed by atoms with Gasteiger partial charge in [0.05, 0.1) is 17.8 Å². The Hall–Kier alpha value is -2.54. The van der Waals surface area contributed by atoms with Gasteiger partial charge in [0.2, 0.25) is 0 Å². The molecule has 0 spiro atoms. The lowest BCUT2D eigenvalue weighted by Gasteiger charge is -2.09. The van der Waals surface area contributed by atoms with Crippen molar-refractivity contribution in [3.05, 3.63) is 51.5 Å². The Labute approximate surface area is 154 Å². The quantitative estimate of drug-likeness (QED) is 0.569. The molecule has 0 unspecified atom stereocenters. The van der Waals surface area contributed by atoms with Gasteiger partial charge in [0.25, 0.3) is 5.91 Å². The number of carbonyl (C=O) groups is 1. The maximum Gasteiger partial charge on any atom is 0.277 e. The van der Waals surface area contributed by atoms with E-state index in [1.807, 2.05) is 32.0 Å². The van der Waals surface area contributed by atoms with E-state index >= 15 is 0 Å². The van der Waals surface area contributed by atoms with Crippen molar-refractivity contribution in [2.75, 3.05) is 13.7 Å². The monoisotopic (exact) mass is 406 g/mol. The molecule has 25 heavy (non-hydrogen) atoms. The van der Waals surface area contributed by atoms with Crippen LogP contribution in [0.5, 0.6) is 17.2 Å². The topological polar surface area (TPSA) is 80.2 Å². The summed E-state index contributed by atoms with van der Waals surface area (Å²) in [4.78, 5) is 11.8. The fourth-order valence-electron chi connectivity index (χ4n) is 2.06. The number of halogens is 1. The highest BCUT2D eigenvalue weighted by atomic mass is 79.9. The molecule has 0 saturated heterocycles. The molecule has 132 valence electrons. The van der Waals surface area contributed by atoms with Crippen LogP contribution in [0.15, 0.2) is 39.9 Å². The zero-order valence-corrected chi connectivity index (χ0v) is 15.8. The molecule has 2 aromatic carbocycles. The van der Waals surface area contributed by atoms with Crippen LogP contribution < -0.4 is 14.9 Å². The smallest absolute Gasteiger partial charge is 0.277 e. The third kappa shape index (κ3) is 4.96. The molecule has 0 radical (unpaired) electrons. The molecule has 1 amide bonds. The van der Waals surface area contributed by atoms with Gasteiger partial charge in [-0.05, 0) is 64.7 Å². The number of nitrogens with one attached hydrogen (secondary N) is 1. The Kier molecular flexibility index (Phi) is 6.41. The highest BCUT2D eigenvalue weighted by Crippen LogP contribution is 2.34. The number of rotatable bonds is 6. The summed E-state index contributed by atoms with van der Waals surface area (Å²) in [5.41, 5.74) is 5.14. The Morgan fingerprint density at radius 2 is 2.08 bits per heavy atom. The van der Waals surface area contributed by atoms with Crippen LogP contribution in [-0.4, -0.2) is 30.9 Å². The number of aromatic hydroxyl groups is 1. The standard InChI is InChI=1S/C18H19BrN2O4/c1-11-5-4-6-15(12(11)2)25-10-17(22)21-20-9-13-7-14(19)18(23)16(8-13)24-3/h4-9,23H,10H2,1-3H3,(H,21,22). The van der Waals surface area contributed by atoms with E-state index in [0.717, 1.165) is 11.1 Å². The van der Waals surface area contributed by atoms with Crippen molar-refractivity contribution in [3.63, 3.8) is 0 Å². The normalized spacial score (nSPS) is 10.7. The second kappa shape index (κ2) is 8.53. The first-order chi connectivity index (χ1) is 11.9. The lowest BCUT2D eigenvalue weighted by atomic mass is 10.1. The SMILES string of the molecule is COc1cc(C=NNC(=O)COc2cccc(C)c2C)cc(Br)c1O. The van der Waals surface area contributed by atoms with Crippen molar-refractivity contribution in [1.82, 2.24) is 5.43 Å². The zero-order valence-electron chi connectivity index (χ0n) is 14.2. The number of hydrogen-bond acceptors (Lipinski definition) is 5. The zero-order chi connectivity index (χ0) is 18.4. The highest BCUT2D eigenvalue weighted by molar-refractivity contribution is 9.10. The summed E-state index contributed by atoms with van der Waals surface area (Å²) in [5.74, 6) is 0.610. The summed E-state index contributed by atoms with van der Waals surface area (Å²) >= 11 is 3.22. The summed E-state index contributed by atoms with van der Waals surface area (Å²) in [5, 5.41) is 13.6. The number of nitrogens with zero attached hydrogens (tertiary/aromatic N) is 1. The molecule has 0 fully saturated rings. The van der Waals surface area contributed by atoms with Crippen molar-refractivity contribution >= 4 is 28.1 Å². The van der Waals surface area contributed by atoms with E-state index in [-0.39, 0.29) is 18.3 Å². The van der Waals surface area contributed by atoms with Gasteiger partial charge >= 0.3 is 0 Å². The fraction of sp³-hybridized carbons (Fsp3) is 0.222. The van der Waals surface area contributed by atoms with Gasteiger partial charge in [-0.25, -0.2) is 5.43 Å². The molecule has 2 aromatic rings. The van der Waals surface area contributed by atoms with Gasteiger partial charge in [0, 0.05) is 0 Å². The third-order valence-corrected chi connectivity index (χ3v) is 4.19. The van der Waals surface area contributed by atoms with E-state index in [1.54, 1.807) is 12.1 Å². The van der Waals surface area contributed by atoms with E-state index in [1.165, 1.54) is 13.3 Å². The lowest BCUT2D eigenvalue weighted by molar-refractivity contribution is -0.123. The number of phenols is 1. The molecular weight excluding hydrogens is 388 g/mol. The first-order valence-electron chi connectivity index (χ1n) is 7.49. The minimum atomic E-state index is -0.373. The fourth-order valence-corrected chi connectivity index (χ4v) is 2.52. The highest BCUT2D eigenvalue weighted by Gasteiger charge is 2.08. The van der Waals surface area contributed by atoms with E-state index in [9.17, 15) is 9.90 Å². The minimum absolute atomic E-state index is 0.00519. The van der Waals surface area contributed by atoms with Gasteiger partial charge in [-0.1, -0.05) is 12.1 Å². The van der Waals surface area contributed by atoms with Crippen LogP contribution in [0.25, 0.3) is 0 Å². The largest absolute Gasteiger partial charge is 0.503 e. The molecule has 0 aromatic heterocycles. The molecule has 0 saturated carbocycles. The maximum atomic E-state index is 11.8.